The first-order chi connectivity index (χ1) is 7.30. The Morgan fingerprint density at radius 1 is 1.38 bits per heavy atom. The fourth-order valence-corrected chi connectivity index (χ4v) is 1.32. The maximum atomic E-state index is 11.8. The predicted molar refractivity (Wildman–Crippen MR) is 66.9 cm³/mol. The zero-order chi connectivity index (χ0) is 12.3. The minimum atomic E-state index is -0.366. The van der Waals surface area contributed by atoms with Gasteiger partial charge < -0.3 is 11.1 Å². The summed E-state index contributed by atoms with van der Waals surface area (Å²) >= 11 is 0. The third-order valence-corrected chi connectivity index (χ3v) is 2.44. The minimum Gasteiger partial charge on any atom is -0.399 e. The zero-order valence-electron chi connectivity index (χ0n) is 10.4. The van der Waals surface area contributed by atoms with Crippen molar-refractivity contribution >= 4 is 11.6 Å². The highest BCUT2D eigenvalue weighted by Gasteiger charge is 2.22. The van der Waals surface area contributed by atoms with E-state index in [1.807, 2.05) is 52.0 Å². The number of carbonyl (C=O) groups excluding carboxylic acids is 1. The Kier molecular flexibility index (Phi) is 3.58. The molecule has 1 aromatic rings. The molecule has 16 heavy (non-hydrogen) atoms. The highest BCUT2D eigenvalue weighted by Crippen LogP contribution is 2.19. The molecule has 0 radical (unpaired) electrons. The van der Waals surface area contributed by atoms with E-state index in [1.165, 1.54) is 0 Å². The second kappa shape index (κ2) is 4.56. The van der Waals surface area contributed by atoms with Crippen LogP contribution in [0.4, 0.5) is 5.69 Å². The molecule has 0 unspecified atom stereocenters. The molecule has 1 rings (SSSR count). The largest absolute Gasteiger partial charge is 0.399 e. The number of anilines is 1. The molecule has 1 atom stereocenters. The van der Waals surface area contributed by atoms with Gasteiger partial charge in [0.25, 0.3) is 0 Å². The van der Waals surface area contributed by atoms with Gasteiger partial charge in [0.05, 0.1) is 6.04 Å². The van der Waals surface area contributed by atoms with E-state index in [9.17, 15) is 4.79 Å². The van der Waals surface area contributed by atoms with Crippen molar-refractivity contribution in [2.45, 2.75) is 33.7 Å². The smallest absolute Gasteiger partial charge is 0.225 e. The van der Waals surface area contributed by atoms with Crippen LogP contribution in [-0.2, 0) is 4.79 Å². The molecule has 0 heterocycles. The van der Waals surface area contributed by atoms with Gasteiger partial charge in [0.15, 0.2) is 0 Å². The summed E-state index contributed by atoms with van der Waals surface area (Å²) in [7, 11) is 0. The van der Waals surface area contributed by atoms with Crippen LogP contribution < -0.4 is 11.1 Å². The Morgan fingerprint density at radius 3 is 2.50 bits per heavy atom. The van der Waals surface area contributed by atoms with Crippen molar-refractivity contribution in [1.29, 1.82) is 0 Å². The van der Waals surface area contributed by atoms with Crippen molar-refractivity contribution in [2.75, 3.05) is 5.73 Å². The standard InChI is InChI=1S/C13H20N2O/c1-9(15-12(16)13(2,3)4)10-6-5-7-11(14)8-10/h5-9H,14H2,1-4H3,(H,15,16)/t9-/m0/s1. The maximum absolute atomic E-state index is 11.8. The molecule has 0 bridgehead atoms. The maximum Gasteiger partial charge on any atom is 0.225 e. The van der Waals surface area contributed by atoms with E-state index in [1.54, 1.807) is 0 Å². The van der Waals surface area contributed by atoms with Gasteiger partial charge in [-0.3, -0.25) is 4.79 Å². The zero-order valence-corrected chi connectivity index (χ0v) is 10.4. The topological polar surface area (TPSA) is 55.1 Å². The molecule has 0 saturated heterocycles. The highest BCUT2D eigenvalue weighted by molar-refractivity contribution is 5.81. The van der Waals surface area contributed by atoms with E-state index in [0.29, 0.717) is 5.69 Å². The molecule has 3 N–H and O–H groups in total. The number of nitrogen functional groups attached to an aromatic ring is 1. The summed E-state index contributed by atoms with van der Waals surface area (Å²) in [4.78, 5) is 11.8. The molecule has 3 nitrogen and oxygen atoms in total. The number of benzene rings is 1. The lowest BCUT2D eigenvalue weighted by Gasteiger charge is -2.22. The monoisotopic (exact) mass is 220 g/mol. The quantitative estimate of drug-likeness (QED) is 0.752. The molecular weight excluding hydrogens is 200 g/mol. The van der Waals surface area contributed by atoms with Gasteiger partial charge >= 0.3 is 0 Å². The Balaban J connectivity index is 2.73. The Hall–Kier alpha value is -1.51. The molecule has 0 aliphatic rings. The number of nitrogens with one attached hydrogen (secondary N) is 1. The Morgan fingerprint density at radius 2 is 2.00 bits per heavy atom. The van der Waals surface area contributed by atoms with E-state index in [0.717, 1.165) is 5.56 Å². The van der Waals surface area contributed by atoms with Gasteiger partial charge in [0, 0.05) is 11.1 Å². The number of carbonyl (C=O) groups is 1. The second-order valence-electron chi connectivity index (χ2n) is 5.12. The first-order valence-corrected chi connectivity index (χ1v) is 5.47. The molecule has 0 fully saturated rings. The van der Waals surface area contributed by atoms with Crippen molar-refractivity contribution in [3.8, 4) is 0 Å². The van der Waals surface area contributed by atoms with Crippen LogP contribution in [0.2, 0.25) is 0 Å². The van der Waals surface area contributed by atoms with Crippen LogP contribution in [0.15, 0.2) is 24.3 Å². The molecule has 0 aliphatic heterocycles. The molecule has 1 amide bonds. The number of hydrogen-bond donors (Lipinski definition) is 2. The summed E-state index contributed by atoms with van der Waals surface area (Å²) in [5.74, 6) is 0.0439. The number of rotatable bonds is 2. The van der Waals surface area contributed by atoms with E-state index in [2.05, 4.69) is 5.32 Å². The van der Waals surface area contributed by atoms with Crippen LogP contribution in [0.25, 0.3) is 0 Å². The molecular formula is C13H20N2O. The van der Waals surface area contributed by atoms with Crippen molar-refractivity contribution in [3.63, 3.8) is 0 Å². The van der Waals surface area contributed by atoms with E-state index in [-0.39, 0.29) is 17.4 Å². The van der Waals surface area contributed by atoms with Gasteiger partial charge in [0.1, 0.15) is 0 Å². The van der Waals surface area contributed by atoms with Gasteiger partial charge in [-0.25, -0.2) is 0 Å². The summed E-state index contributed by atoms with van der Waals surface area (Å²) in [6, 6.07) is 7.55. The van der Waals surface area contributed by atoms with Gasteiger partial charge in [-0.2, -0.15) is 0 Å². The number of amides is 1. The Labute approximate surface area is 97.0 Å². The van der Waals surface area contributed by atoms with Crippen LogP contribution in [0.1, 0.15) is 39.3 Å². The van der Waals surface area contributed by atoms with Crippen LogP contribution in [0.3, 0.4) is 0 Å². The van der Waals surface area contributed by atoms with E-state index in [4.69, 9.17) is 5.73 Å². The minimum absolute atomic E-state index is 0.0183. The van der Waals surface area contributed by atoms with Crippen molar-refractivity contribution in [3.05, 3.63) is 29.8 Å². The SMILES string of the molecule is C[C@H](NC(=O)C(C)(C)C)c1cccc(N)c1. The van der Waals surface area contributed by atoms with E-state index >= 15 is 0 Å². The van der Waals surface area contributed by atoms with Gasteiger partial charge in [-0.05, 0) is 24.6 Å². The van der Waals surface area contributed by atoms with E-state index < -0.39 is 0 Å². The van der Waals surface area contributed by atoms with Crippen LogP contribution >= 0.6 is 0 Å². The molecule has 0 saturated carbocycles. The third-order valence-electron chi connectivity index (χ3n) is 2.44. The third kappa shape index (κ3) is 3.26. The van der Waals surface area contributed by atoms with Crippen LogP contribution in [0.5, 0.6) is 0 Å². The summed E-state index contributed by atoms with van der Waals surface area (Å²) in [5, 5.41) is 2.97. The van der Waals surface area contributed by atoms with Gasteiger partial charge in [0.2, 0.25) is 5.91 Å². The van der Waals surface area contributed by atoms with Crippen LogP contribution in [0, 0.1) is 5.41 Å². The van der Waals surface area contributed by atoms with Crippen molar-refractivity contribution in [2.24, 2.45) is 5.41 Å². The lowest BCUT2D eigenvalue weighted by molar-refractivity contribution is -0.129. The fraction of sp³-hybridized carbons (Fsp3) is 0.462. The molecule has 88 valence electrons. The fourth-order valence-electron chi connectivity index (χ4n) is 1.32. The summed E-state index contributed by atoms with van der Waals surface area (Å²) in [6.45, 7) is 7.65. The van der Waals surface area contributed by atoms with Crippen LogP contribution in [-0.4, -0.2) is 5.91 Å². The molecule has 1 aromatic carbocycles. The molecule has 3 heteroatoms. The van der Waals surface area contributed by atoms with Gasteiger partial charge in [-0.15, -0.1) is 0 Å². The average Bonchev–Trinajstić information content (AvgIpc) is 2.16. The first-order valence-electron chi connectivity index (χ1n) is 5.47. The summed E-state index contributed by atoms with van der Waals surface area (Å²) < 4.78 is 0. The normalized spacial score (nSPS) is 13.2. The summed E-state index contributed by atoms with van der Waals surface area (Å²) in [6.07, 6.45) is 0. The highest BCUT2D eigenvalue weighted by atomic mass is 16.2. The first kappa shape index (κ1) is 12.6. The molecule has 0 aliphatic carbocycles. The van der Waals surface area contributed by atoms with Crippen molar-refractivity contribution in [1.82, 2.24) is 5.32 Å². The lowest BCUT2D eigenvalue weighted by atomic mass is 9.94. The van der Waals surface area contributed by atoms with Crippen molar-refractivity contribution < 1.29 is 4.79 Å². The second-order valence-corrected chi connectivity index (χ2v) is 5.12. The predicted octanol–water partition coefficient (Wildman–Crippen LogP) is 2.49. The van der Waals surface area contributed by atoms with Gasteiger partial charge in [-0.1, -0.05) is 32.9 Å². The number of hydrogen-bond acceptors (Lipinski definition) is 2. The lowest BCUT2D eigenvalue weighted by Crippen LogP contribution is -2.36. The number of nitrogens with two attached hydrogens (primary N) is 1. The summed E-state index contributed by atoms with van der Waals surface area (Å²) in [5.41, 5.74) is 7.08. The average molecular weight is 220 g/mol. The molecule has 0 aromatic heterocycles. The Bertz CT molecular complexity index is 380. The molecule has 0 spiro atoms.